The summed E-state index contributed by atoms with van der Waals surface area (Å²) in [5.74, 6) is 0.637. The van der Waals surface area contributed by atoms with Crippen molar-refractivity contribution in [2.75, 3.05) is 11.9 Å². The van der Waals surface area contributed by atoms with Gasteiger partial charge >= 0.3 is 0 Å². The number of nitrogens with one attached hydrogen (secondary N) is 1. The van der Waals surface area contributed by atoms with Gasteiger partial charge in [-0.25, -0.2) is 4.98 Å². The van der Waals surface area contributed by atoms with Crippen LogP contribution in [0.15, 0.2) is 24.4 Å². The number of aryl methyl sites for hydroxylation is 1. The zero-order valence-electron chi connectivity index (χ0n) is 10.5. The van der Waals surface area contributed by atoms with Gasteiger partial charge in [0.2, 0.25) is 0 Å². The van der Waals surface area contributed by atoms with E-state index in [9.17, 15) is 0 Å². The SMILES string of the molecule is CCCNc1nc(-c2ccnn2C)ccc1C#N. The van der Waals surface area contributed by atoms with Crippen LogP contribution in [-0.2, 0) is 7.05 Å². The van der Waals surface area contributed by atoms with Gasteiger partial charge in [-0.05, 0) is 24.6 Å². The molecule has 0 saturated carbocycles. The van der Waals surface area contributed by atoms with Crippen LogP contribution in [0.1, 0.15) is 18.9 Å². The van der Waals surface area contributed by atoms with E-state index in [1.54, 1.807) is 16.9 Å². The van der Waals surface area contributed by atoms with Crippen molar-refractivity contribution in [3.8, 4) is 17.5 Å². The van der Waals surface area contributed by atoms with Crippen molar-refractivity contribution >= 4 is 5.82 Å². The number of nitriles is 1. The average Bonchev–Trinajstić information content (AvgIpc) is 2.82. The minimum atomic E-state index is 0.564. The van der Waals surface area contributed by atoms with Gasteiger partial charge in [0, 0.05) is 19.8 Å². The molecule has 0 amide bonds. The first-order valence-corrected chi connectivity index (χ1v) is 5.89. The third-order valence-corrected chi connectivity index (χ3v) is 2.64. The number of pyridine rings is 1. The summed E-state index contributed by atoms with van der Waals surface area (Å²) in [5, 5.41) is 16.3. The summed E-state index contributed by atoms with van der Waals surface area (Å²) in [6.45, 7) is 2.88. The molecule has 0 aliphatic rings. The van der Waals surface area contributed by atoms with Crippen molar-refractivity contribution in [1.82, 2.24) is 14.8 Å². The fourth-order valence-corrected chi connectivity index (χ4v) is 1.70. The van der Waals surface area contributed by atoms with Crippen LogP contribution in [0.2, 0.25) is 0 Å². The van der Waals surface area contributed by atoms with Crippen LogP contribution in [0.25, 0.3) is 11.4 Å². The standard InChI is InChI=1S/C13H15N5/c1-3-7-15-13-10(9-14)4-5-11(17-13)12-6-8-16-18(12)2/h4-6,8H,3,7H2,1-2H3,(H,15,17). The molecule has 0 radical (unpaired) electrons. The Morgan fingerprint density at radius 2 is 2.22 bits per heavy atom. The van der Waals surface area contributed by atoms with E-state index in [2.05, 4.69) is 28.4 Å². The van der Waals surface area contributed by atoms with Crippen LogP contribution >= 0.6 is 0 Å². The lowest BCUT2D eigenvalue weighted by Crippen LogP contribution is -2.05. The Bertz CT molecular complexity index is 579. The maximum atomic E-state index is 9.05. The van der Waals surface area contributed by atoms with Crippen LogP contribution in [0.4, 0.5) is 5.82 Å². The van der Waals surface area contributed by atoms with Gasteiger partial charge in [0.25, 0.3) is 0 Å². The van der Waals surface area contributed by atoms with Gasteiger partial charge in [-0.3, -0.25) is 4.68 Å². The molecule has 0 aromatic carbocycles. The first-order valence-electron chi connectivity index (χ1n) is 5.89. The molecule has 18 heavy (non-hydrogen) atoms. The lowest BCUT2D eigenvalue weighted by molar-refractivity contribution is 0.773. The molecule has 0 saturated heterocycles. The lowest BCUT2D eigenvalue weighted by Gasteiger charge is -2.08. The fraction of sp³-hybridized carbons (Fsp3) is 0.308. The number of aromatic nitrogens is 3. The van der Waals surface area contributed by atoms with E-state index >= 15 is 0 Å². The summed E-state index contributed by atoms with van der Waals surface area (Å²) < 4.78 is 1.76. The van der Waals surface area contributed by atoms with Crippen LogP contribution in [0.5, 0.6) is 0 Å². The molecule has 0 fully saturated rings. The van der Waals surface area contributed by atoms with Crippen LogP contribution in [0.3, 0.4) is 0 Å². The fourth-order valence-electron chi connectivity index (χ4n) is 1.70. The van der Waals surface area contributed by atoms with Crippen molar-refractivity contribution in [3.63, 3.8) is 0 Å². The van der Waals surface area contributed by atoms with E-state index in [0.29, 0.717) is 11.4 Å². The highest BCUT2D eigenvalue weighted by atomic mass is 15.3. The highest BCUT2D eigenvalue weighted by Crippen LogP contribution is 2.20. The quantitative estimate of drug-likeness (QED) is 0.890. The Morgan fingerprint density at radius 3 is 2.83 bits per heavy atom. The number of nitrogens with zero attached hydrogens (tertiary/aromatic N) is 4. The molecule has 2 heterocycles. The first-order chi connectivity index (χ1) is 8.76. The van der Waals surface area contributed by atoms with Crippen molar-refractivity contribution in [1.29, 1.82) is 5.26 Å². The molecule has 1 N–H and O–H groups in total. The number of hydrogen-bond donors (Lipinski definition) is 1. The molecule has 0 spiro atoms. The molecule has 2 aromatic heterocycles. The van der Waals surface area contributed by atoms with Crippen LogP contribution < -0.4 is 5.32 Å². The van der Waals surface area contributed by atoms with E-state index in [1.165, 1.54) is 0 Å². The third-order valence-electron chi connectivity index (χ3n) is 2.64. The molecular weight excluding hydrogens is 226 g/mol. The summed E-state index contributed by atoms with van der Waals surface area (Å²) in [4.78, 5) is 4.49. The van der Waals surface area contributed by atoms with Crippen molar-refractivity contribution in [3.05, 3.63) is 30.0 Å². The van der Waals surface area contributed by atoms with Crippen molar-refractivity contribution in [2.24, 2.45) is 7.05 Å². The van der Waals surface area contributed by atoms with E-state index in [0.717, 1.165) is 24.4 Å². The van der Waals surface area contributed by atoms with Gasteiger partial charge in [-0.15, -0.1) is 0 Å². The molecular formula is C13H15N5. The Balaban J connectivity index is 2.40. The summed E-state index contributed by atoms with van der Waals surface area (Å²) in [5.41, 5.74) is 2.31. The first kappa shape index (κ1) is 12.1. The summed E-state index contributed by atoms with van der Waals surface area (Å²) >= 11 is 0. The molecule has 0 unspecified atom stereocenters. The second-order valence-corrected chi connectivity index (χ2v) is 3.97. The molecule has 0 aliphatic heterocycles. The molecule has 2 aromatic rings. The maximum Gasteiger partial charge on any atom is 0.144 e. The van der Waals surface area contributed by atoms with E-state index in [4.69, 9.17) is 5.26 Å². The smallest absolute Gasteiger partial charge is 0.144 e. The van der Waals surface area contributed by atoms with Gasteiger partial charge in [-0.2, -0.15) is 10.4 Å². The number of hydrogen-bond acceptors (Lipinski definition) is 4. The minimum Gasteiger partial charge on any atom is -0.369 e. The van der Waals surface area contributed by atoms with Gasteiger partial charge in [0.15, 0.2) is 0 Å². The molecule has 92 valence electrons. The highest BCUT2D eigenvalue weighted by molar-refractivity contribution is 5.62. The molecule has 0 atom stereocenters. The Hall–Kier alpha value is -2.35. The Morgan fingerprint density at radius 1 is 1.39 bits per heavy atom. The molecule has 2 rings (SSSR count). The largest absolute Gasteiger partial charge is 0.369 e. The third kappa shape index (κ3) is 2.33. The topological polar surface area (TPSA) is 66.5 Å². The zero-order chi connectivity index (χ0) is 13.0. The molecule has 0 aliphatic carbocycles. The summed E-state index contributed by atoms with van der Waals surface area (Å²) in [6, 6.07) is 7.67. The van der Waals surface area contributed by atoms with Gasteiger partial charge in [-0.1, -0.05) is 6.92 Å². The second kappa shape index (κ2) is 5.32. The minimum absolute atomic E-state index is 0.564. The lowest BCUT2D eigenvalue weighted by atomic mass is 10.2. The van der Waals surface area contributed by atoms with Gasteiger partial charge < -0.3 is 5.32 Å². The van der Waals surface area contributed by atoms with Gasteiger partial charge in [0.1, 0.15) is 11.9 Å². The second-order valence-electron chi connectivity index (χ2n) is 3.97. The molecule has 5 heteroatoms. The zero-order valence-corrected chi connectivity index (χ0v) is 10.5. The predicted molar refractivity (Wildman–Crippen MR) is 69.9 cm³/mol. The van der Waals surface area contributed by atoms with Crippen LogP contribution in [-0.4, -0.2) is 21.3 Å². The van der Waals surface area contributed by atoms with Crippen molar-refractivity contribution < 1.29 is 0 Å². The Kier molecular flexibility index (Phi) is 3.58. The number of anilines is 1. The van der Waals surface area contributed by atoms with Gasteiger partial charge in [0.05, 0.1) is 17.0 Å². The van der Waals surface area contributed by atoms with E-state index < -0.39 is 0 Å². The highest BCUT2D eigenvalue weighted by Gasteiger charge is 2.08. The molecule has 5 nitrogen and oxygen atoms in total. The normalized spacial score (nSPS) is 10.1. The van der Waals surface area contributed by atoms with E-state index in [1.807, 2.05) is 19.2 Å². The predicted octanol–water partition coefficient (Wildman–Crippen LogP) is 2.18. The average molecular weight is 241 g/mol. The maximum absolute atomic E-state index is 9.05. The number of rotatable bonds is 4. The summed E-state index contributed by atoms with van der Waals surface area (Å²) in [6.07, 6.45) is 2.72. The monoisotopic (exact) mass is 241 g/mol. The summed E-state index contributed by atoms with van der Waals surface area (Å²) in [7, 11) is 1.87. The van der Waals surface area contributed by atoms with Crippen molar-refractivity contribution in [2.45, 2.75) is 13.3 Å². The van der Waals surface area contributed by atoms with E-state index in [-0.39, 0.29) is 0 Å². The Labute approximate surface area is 106 Å². The van der Waals surface area contributed by atoms with Crippen LogP contribution in [0, 0.1) is 11.3 Å². The molecule has 0 bridgehead atoms.